The lowest BCUT2D eigenvalue weighted by molar-refractivity contribution is 0.340. The van der Waals surface area contributed by atoms with Gasteiger partial charge >= 0.3 is 0 Å². The summed E-state index contributed by atoms with van der Waals surface area (Å²) < 4.78 is 17.1. The molecule has 28 heavy (non-hydrogen) atoms. The minimum atomic E-state index is -0.782. The summed E-state index contributed by atoms with van der Waals surface area (Å²) in [6.45, 7) is 3.84. The number of fused-ring (bicyclic) bond motifs is 1. The van der Waals surface area contributed by atoms with E-state index >= 15 is 0 Å². The van der Waals surface area contributed by atoms with Crippen molar-refractivity contribution in [3.63, 3.8) is 0 Å². The number of nitrogens with zero attached hydrogens (tertiary/aromatic N) is 5. The van der Waals surface area contributed by atoms with E-state index in [2.05, 4.69) is 25.3 Å². The van der Waals surface area contributed by atoms with E-state index in [0.29, 0.717) is 53.9 Å². The number of nitrogens with one attached hydrogen (secondary N) is 1. The van der Waals surface area contributed by atoms with Crippen molar-refractivity contribution in [3.05, 3.63) is 35.9 Å². The molecule has 8 nitrogen and oxygen atoms in total. The fourth-order valence-corrected chi connectivity index (χ4v) is 4.22. The summed E-state index contributed by atoms with van der Waals surface area (Å²) in [7, 11) is -0.782. The van der Waals surface area contributed by atoms with Crippen LogP contribution in [0.1, 0.15) is 6.92 Å². The third-order valence-corrected chi connectivity index (χ3v) is 5.79. The molecule has 1 fully saturated rings. The lowest BCUT2D eigenvalue weighted by Crippen LogP contribution is -2.38. The Hall–Kier alpha value is -2.52. The fraction of sp³-hybridized carbons (Fsp3) is 0.333. The second-order valence-electron chi connectivity index (χ2n) is 6.15. The summed E-state index contributed by atoms with van der Waals surface area (Å²) in [5.41, 5.74) is 1.99. The molecule has 2 aromatic heterocycles. The van der Waals surface area contributed by atoms with Crippen molar-refractivity contribution in [1.82, 2.24) is 19.9 Å². The third-order valence-electron chi connectivity index (χ3n) is 4.34. The molecule has 1 N–H and O–H groups in total. The highest BCUT2D eigenvalue weighted by Gasteiger charge is 2.22. The predicted molar refractivity (Wildman–Crippen MR) is 111 cm³/mol. The molecule has 0 aliphatic carbocycles. The van der Waals surface area contributed by atoms with E-state index in [1.165, 1.54) is 6.33 Å². The normalized spacial score (nSPS) is 15.0. The van der Waals surface area contributed by atoms with Gasteiger partial charge in [0.05, 0.1) is 6.61 Å². The molecule has 0 saturated carbocycles. The smallest absolute Gasteiger partial charge is 0.225 e. The molecule has 0 unspecified atom stereocenters. The molecular weight excluding hydrogens is 400 g/mol. The zero-order valence-corrected chi connectivity index (χ0v) is 16.8. The van der Waals surface area contributed by atoms with Crippen LogP contribution in [0.5, 0.6) is 5.75 Å². The van der Waals surface area contributed by atoms with Crippen LogP contribution in [0, 0.1) is 0 Å². The van der Waals surface area contributed by atoms with Crippen molar-refractivity contribution in [2.24, 2.45) is 0 Å². The molecule has 0 spiro atoms. The minimum absolute atomic E-state index is 0.124. The summed E-state index contributed by atoms with van der Waals surface area (Å²) in [6.07, 6.45) is 1.47. The maximum absolute atomic E-state index is 11.7. The largest absolute Gasteiger partial charge is 0.494 e. The van der Waals surface area contributed by atoms with Crippen molar-refractivity contribution in [2.45, 2.75) is 6.92 Å². The second-order valence-corrected chi connectivity index (χ2v) is 8.19. The highest BCUT2D eigenvalue weighted by Crippen LogP contribution is 2.29. The summed E-state index contributed by atoms with van der Waals surface area (Å²) in [6, 6.07) is 7.58. The topological polar surface area (TPSA) is 93.1 Å². The summed E-state index contributed by atoms with van der Waals surface area (Å²) in [4.78, 5) is 19.5. The second kappa shape index (κ2) is 8.24. The van der Waals surface area contributed by atoms with Crippen LogP contribution in [0.2, 0.25) is 5.28 Å². The number of rotatable bonds is 5. The Kier molecular flexibility index (Phi) is 5.54. The minimum Gasteiger partial charge on any atom is -0.494 e. The Morgan fingerprint density at radius 2 is 1.89 bits per heavy atom. The van der Waals surface area contributed by atoms with E-state index in [4.69, 9.17) is 16.3 Å². The van der Waals surface area contributed by atoms with Gasteiger partial charge in [0.1, 0.15) is 23.1 Å². The fourth-order valence-electron chi connectivity index (χ4n) is 3.01. The average Bonchev–Trinajstić information content (AvgIpc) is 2.70. The highest BCUT2D eigenvalue weighted by atomic mass is 35.5. The molecule has 10 heteroatoms. The van der Waals surface area contributed by atoms with Crippen LogP contribution in [-0.4, -0.2) is 55.3 Å². The SMILES string of the molecule is CCOc1ccc(Nc2ncnc3c(N4CCS(=O)CC4)nc(Cl)nc23)cc1. The van der Waals surface area contributed by atoms with Crippen molar-refractivity contribution in [3.8, 4) is 5.75 Å². The molecule has 0 amide bonds. The first-order valence-electron chi connectivity index (χ1n) is 8.92. The van der Waals surface area contributed by atoms with E-state index in [9.17, 15) is 4.21 Å². The first-order valence-corrected chi connectivity index (χ1v) is 10.8. The molecule has 0 atom stereocenters. The van der Waals surface area contributed by atoms with Gasteiger partial charge in [-0.05, 0) is 42.8 Å². The molecule has 1 aliphatic heterocycles. The van der Waals surface area contributed by atoms with Gasteiger partial charge in [-0.3, -0.25) is 4.21 Å². The van der Waals surface area contributed by atoms with Gasteiger partial charge in [0, 0.05) is 41.1 Å². The molecule has 4 rings (SSSR count). The lowest BCUT2D eigenvalue weighted by Gasteiger charge is -2.27. The third kappa shape index (κ3) is 4.00. The number of aromatic nitrogens is 4. The number of benzene rings is 1. The molecule has 1 aliphatic rings. The molecule has 3 aromatic rings. The zero-order valence-electron chi connectivity index (χ0n) is 15.3. The number of hydrogen-bond donors (Lipinski definition) is 1. The standard InChI is InChI=1S/C18H19ClN6O2S/c1-2-27-13-5-3-12(4-6-13)22-16-14-15(20-11-21-16)17(24-18(19)23-14)25-7-9-28(26)10-8-25/h3-6,11H,2,7-10H2,1H3,(H,20,21,22). The molecule has 1 aromatic carbocycles. The van der Waals surface area contributed by atoms with E-state index in [1.54, 1.807) is 0 Å². The molecule has 3 heterocycles. The molecule has 1 saturated heterocycles. The van der Waals surface area contributed by atoms with Gasteiger partial charge in [0.2, 0.25) is 5.28 Å². The summed E-state index contributed by atoms with van der Waals surface area (Å²) in [5.74, 6) is 3.19. The maximum Gasteiger partial charge on any atom is 0.225 e. The van der Waals surface area contributed by atoms with Crippen molar-refractivity contribution in [2.75, 3.05) is 41.4 Å². The highest BCUT2D eigenvalue weighted by molar-refractivity contribution is 7.85. The Morgan fingerprint density at radius 3 is 2.61 bits per heavy atom. The van der Waals surface area contributed by atoms with Crippen LogP contribution in [0.25, 0.3) is 11.0 Å². The Bertz CT molecular complexity index is 1010. The van der Waals surface area contributed by atoms with Gasteiger partial charge in [0.25, 0.3) is 0 Å². The van der Waals surface area contributed by atoms with E-state index in [-0.39, 0.29) is 5.28 Å². The van der Waals surface area contributed by atoms with Gasteiger partial charge < -0.3 is 15.0 Å². The van der Waals surface area contributed by atoms with E-state index in [1.807, 2.05) is 36.1 Å². The van der Waals surface area contributed by atoms with Gasteiger partial charge in [0.15, 0.2) is 11.6 Å². The van der Waals surface area contributed by atoms with Crippen molar-refractivity contribution < 1.29 is 8.95 Å². The molecule has 0 bridgehead atoms. The van der Waals surface area contributed by atoms with Crippen LogP contribution >= 0.6 is 11.6 Å². The van der Waals surface area contributed by atoms with Crippen LogP contribution < -0.4 is 15.0 Å². The molecule has 0 radical (unpaired) electrons. The Morgan fingerprint density at radius 1 is 1.14 bits per heavy atom. The predicted octanol–water partition coefficient (Wildman–Crippen LogP) is 2.78. The number of ether oxygens (including phenoxy) is 1. The first kappa shape index (κ1) is 18.8. The first-order chi connectivity index (χ1) is 13.6. The number of hydrogen-bond acceptors (Lipinski definition) is 8. The van der Waals surface area contributed by atoms with Gasteiger partial charge in [-0.25, -0.2) is 15.0 Å². The summed E-state index contributed by atoms with van der Waals surface area (Å²) in [5, 5.41) is 3.38. The van der Waals surface area contributed by atoms with Gasteiger partial charge in [-0.2, -0.15) is 4.98 Å². The van der Waals surface area contributed by atoms with Crippen LogP contribution in [0.15, 0.2) is 30.6 Å². The van der Waals surface area contributed by atoms with E-state index in [0.717, 1.165) is 11.4 Å². The average molecular weight is 419 g/mol. The lowest BCUT2D eigenvalue weighted by atomic mass is 10.3. The monoisotopic (exact) mass is 418 g/mol. The van der Waals surface area contributed by atoms with Crippen LogP contribution in [0.4, 0.5) is 17.3 Å². The molecular formula is C18H19ClN6O2S. The van der Waals surface area contributed by atoms with E-state index < -0.39 is 10.8 Å². The van der Waals surface area contributed by atoms with Gasteiger partial charge in [-0.15, -0.1) is 0 Å². The Labute approximate surface area is 169 Å². The Balaban J connectivity index is 1.69. The molecule has 146 valence electrons. The van der Waals surface area contributed by atoms with Crippen molar-refractivity contribution in [1.29, 1.82) is 0 Å². The summed E-state index contributed by atoms with van der Waals surface area (Å²) >= 11 is 6.19. The number of anilines is 3. The van der Waals surface area contributed by atoms with Crippen LogP contribution in [0.3, 0.4) is 0 Å². The zero-order chi connectivity index (χ0) is 19.5. The maximum atomic E-state index is 11.7. The van der Waals surface area contributed by atoms with Crippen LogP contribution in [-0.2, 0) is 10.8 Å². The van der Waals surface area contributed by atoms with Crippen molar-refractivity contribution >= 4 is 50.8 Å². The van der Waals surface area contributed by atoms with Gasteiger partial charge in [-0.1, -0.05) is 0 Å². The number of halogens is 1. The quantitative estimate of drug-likeness (QED) is 0.632.